The number of H-pyrrole nitrogens is 1. The van der Waals surface area contributed by atoms with Crippen molar-refractivity contribution in [1.82, 2.24) is 4.98 Å². The summed E-state index contributed by atoms with van der Waals surface area (Å²) in [5.41, 5.74) is 2.39. The van der Waals surface area contributed by atoms with E-state index in [-0.39, 0.29) is 0 Å². The maximum atomic E-state index is 10.5. The van der Waals surface area contributed by atoms with E-state index < -0.39 is 0 Å². The number of benzene rings is 1. The van der Waals surface area contributed by atoms with Gasteiger partial charge in [0.1, 0.15) is 5.69 Å². The summed E-state index contributed by atoms with van der Waals surface area (Å²) in [6, 6.07) is 3.62. The smallest absolute Gasteiger partial charge is 0.241 e. The molecule has 0 radical (unpaired) electrons. The van der Waals surface area contributed by atoms with Gasteiger partial charge in [0.2, 0.25) is 0 Å². The number of rotatable bonds is 1. The van der Waals surface area contributed by atoms with Gasteiger partial charge in [0, 0.05) is 19.1 Å². The summed E-state index contributed by atoms with van der Waals surface area (Å²) in [5, 5.41) is 2.95. The number of hydrogen-bond donors (Lipinski definition) is 1. The van der Waals surface area contributed by atoms with Gasteiger partial charge in [-0.2, -0.15) is 0 Å². The fraction of sp³-hybridized carbons (Fsp3) is 0.222. The lowest BCUT2D eigenvalue weighted by Crippen LogP contribution is -2.29. The second-order valence-electron chi connectivity index (χ2n) is 3.18. The van der Waals surface area contributed by atoms with Gasteiger partial charge in [0.05, 0.1) is 11.5 Å². The van der Waals surface area contributed by atoms with E-state index in [1.165, 1.54) is 0 Å². The highest BCUT2D eigenvalue weighted by atomic mass is 79.9. The Morgan fingerprint density at radius 1 is 1.50 bits per heavy atom. The van der Waals surface area contributed by atoms with Crippen LogP contribution < -0.4 is 4.57 Å². The molecule has 0 aliphatic rings. The number of fused-ring (bicyclic) bond motifs is 1. The van der Waals surface area contributed by atoms with E-state index in [4.69, 9.17) is 0 Å². The highest BCUT2D eigenvalue weighted by Crippen LogP contribution is 2.28. The molecule has 0 fully saturated rings. The largest absolute Gasteiger partial charge is 0.251 e. The van der Waals surface area contributed by atoms with Gasteiger partial charge in [0.25, 0.3) is 5.82 Å². The van der Waals surface area contributed by atoms with Gasteiger partial charge in [0.15, 0.2) is 11.0 Å². The molecule has 0 spiro atoms. The number of imidazole rings is 1. The van der Waals surface area contributed by atoms with E-state index in [0.29, 0.717) is 10.2 Å². The van der Waals surface area contributed by atoms with Crippen LogP contribution >= 0.6 is 15.9 Å². The van der Waals surface area contributed by atoms with Gasteiger partial charge in [-0.15, -0.1) is 4.91 Å². The molecule has 0 amide bonds. The fourth-order valence-corrected chi connectivity index (χ4v) is 1.87. The Hall–Kier alpha value is -1.23. The molecule has 0 atom stereocenters. The normalized spacial score (nSPS) is 10.8. The Kier molecular flexibility index (Phi) is 2.11. The summed E-state index contributed by atoms with van der Waals surface area (Å²) in [6.07, 6.45) is 0. The van der Waals surface area contributed by atoms with Crippen molar-refractivity contribution in [3.63, 3.8) is 0 Å². The molecule has 0 saturated heterocycles. The molecule has 0 saturated carbocycles. The number of aromatic nitrogens is 2. The van der Waals surface area contributed by atoms with Gasteiger partial charge >= 0.3 is 0 Å². The highest BCUT2D eigenvalue weighted by Gasteiger charge is 2.14. The minimum absolute atomic E-state index is 0.423. The number of nitrogens with one attached hydrogen (secondary N) is 1. The van der Waals surface area contributed by atoms with E-state index in [1.54, 1.807) is 6.07 Å². The van der Waals surface area contributed by atoms with Crippen LogP contribution in [0, 0.1) is 11.8 Å². The number of hydrogen-bond acceptors (Lipinski definition) is 2. The Morgan fingerprint density at radius 2 is 2.21 bits per heavy atom. The number of nitrogens with zero attached hydrogens (tertiary/aromatic N) is 2. The summed E-state index contributed by atoms with van der Waals surface area (Å²) in [5.74, 6) is 1.04. The molecule has 1 aromatic heterocycles. The third-order valence-electron chi connectivity index (χ3n) is 2.34. The Labute approximate surface area is 89.0 Å². The molecule has 72 valence electrons. The third kappa shape index (κ3) is 1.24. The third-order valence-corrected chi connectivity index (χ3v) is 2.98. The maximum absolute atomic E-state index is 10.5. The van der Waals surface area contributed by atoms with Crippen LogP contribution in [0.15, 0.2) is 21.8 Å². The molecule has 0 bridgehead atoms. The second kappa shape index (κ2) is 3.16. The fourth-order valence-electron chi connectivity index (χ4n) is 1.46. The summed E-state index contributed by atoms with van der Waals surface area (Å²) >= 11 is 3.29. The lowest BCUT2D eigenvalue weighted by atomic mass is 10.3. The van der Waals surface area contributed by atoms with Crippen LogP contribution in [-0.4, -0.2) is 4.98 Å². The van der Waals surface area contributed by atoms with Crippen LogP contribution in [0.3, 0.4) is 0 Å². The molecule has 1 aromatic carbocycles. The van der Waals surface area contributed by atoms with Gasteiger partial charge in [-0.05, 0) is 21.1 Å². The van der Waals surface area contributed by atoms with Crippen LogP contribution in [0.4, 0.5) is 5.69 Å². The van der Waals surface area contributed by atoms with E-state index >= 15 is 0 Å². The first-order valence-electron chi connectivity index (χ1n) is 4.14. The first-order valence-corrected chi connectivity index (χ1v) is 4.94. The standard InChI is InChI=1S/C9H8BrN3O/c1-5-11-8-3-6(10)7(12-14)4-9(8)13(5)2/h3-4H,1-2H3/p+1. The van der Waals surface area contributed by atoms with Gasteiger partial charge in [-0.1, -0.05) is 0 Å². The molecule has 4 nitrogen and oxygen atoms in total. The topological polar surface area (TPSA) is 49.1 Å². The minimum atomic E-state index is 0.423. The molecule has 0 aliphatic carbocycles. The summed E-state index contributed by atoms with van der Waals surface area (Å²) < 4.78 is 2.69. The minimum Gasteiger partial charge on any atom is -0.241 e. The molecule has 1 N–H and O–H groups in total. The first kappa shape index (κ1) is 9.33. The molecule has 5 heteroatoms. The van der Waals surface area contributed by atoms with Crippen molar-refractivity contribution in [3.8, 4) is 0 Å². The van der Waals surface area contributed by atoms with Crippen molar-refractivity contribution >= 4 is 32.7 Å². The lowest BCUT2D eigenvalue weighted by molar-refractivity contribution is -0.651. The Morgan fingerprint density at radius 3 is 2.86 bits per heavy atom. The zero-order valence-electron chi connectivity index (χ0n) is 7.84. The second-order valence-corrected chi connectivity index (χ2v) is 4.04. The number of nitroso groups, excluding NO2 is 1. The maximum Gasteiger partial charge on any atom is 0.251 e. The number of halogens is 1. The predicted octanol–water partition coefficient (Wildman–Crippen LogP) is 2.46. The predicted molar refractivity (Wildman–Crippen MR) is 57.4 cm³/mol. The van der Waals surface area contributed by atoms with E-state index in [9.17, 15) is 4.91 Å². The van der Waals surface area contributed by atoms with Crippen molar-refractivity contribution in [3.05, 3.63) is 27.3 Å². The number of aryl methyl sites for hydroxylation is 2. The summed E-state index contributed by atoms with van der Waals surface area (Å²) in [6.45, 7) is 1.97. The monoisotopic (exact) mass is 254 g/mol. The zero-order chi connectivity index (χ0) is 10.3. The van der Waals surface area contributed by atoms with Crippen LogP contribution in [0.2, 0.25) is 0 Å². The number of aromatic amines is 1. The van der Waals surface area contributed by atoms with Crippen LogP contribution in [0.5, 0.6) is 0 Å². The molecule has 1 heterocycles. The molecule has 2 rings (SSSR count). The lowest BCUT2D eigenvalue weighted by Gasteiger charge is -1.93. The van der Waals surface area contributed by atoms with Crippen molar-refractivity contribution in [2.45, 2.75) is 6.92 Å². The van der Waals surface area contributed by atoms with Crippen LogP contribution in [0.1, 0.15) is 5.82 Å². The van der Waals surface area contributed by atoms with E-state index in [2.05, 4.69) is 26.1 Å². The Bertz CT molecular complexity index is 518. The van der Waals surface area contributed by atoms with Crippen LogP contribution in [-0.2, 0) is 7.05 Å². The summed E-state index contributed by atoms with van der Waals surface area (Å²) in [4.78, 5) is 13.7. The molecule has 0 aliphatic heterocycles. The van der Waals surface area contributed by atoms with E-state index in [0.717, 1.165) is 16.9 Å². The van der Waals surface area contributed by atoms with Crippen molar-refractivity contribution in [2.75, 3.05) is 0 Å². The SMILES string of the molecule is Cc1[nH]c2cc(Br)c(N=O)cc2[n+]1C. The highest BCUT2D eigenvalue weighted by molar-refractivity contribution is 9.10. The van der Waals surface area contributed by atoms with Gasteiger partial charge < -0.3 is 0 Å². The van der Waals surface area contributed by atoms with Crippen molar-refractivity contribution < 1.29 is 4.57 Å². The van der Waals surface area contributed by atoms with Gasteiger partial charge in [-0.3, -0.25) is 0 Å². The van der Waals surface area contributed by atoms with E-state index in [1.807, 2.05) is 24.6 Å². The quantitative estimate of drug-likeness (QED) is 0.617. The Balaban J connectivity index is 2.86. The first-order chi connectivity index (χ1) is 6.63. The molecule has 14 heavy (non-hydrogen) atoms. The van der Waals surface area contributed by atoms with Crippen LogP contribution in [0.25, 0.3) is 11.0 Å². The molecule has 0 unspecified atom stereocenters. The van der Waals surface area contributed by atoms with Crippen molar-refractivity contribution in [1.29, 1.82) is 0 Å². The molecular weight excluding hydrogens is 246 g/mol. The molecule has 2 aromatic rings. The average Bonchev–Trinajstić information content (AvgIpc) is 2.41. The molecular formula is C9H9BrN3O+. The van der Waals surface area contributed by atoms with Crippen molar-refractivity contribution in [2.24, 2.45) is 12.2 Å². The summed E-state index contributed by atoms with van der Waals surface area (Å²) in [7, 11) is 1.94. The zero-order valence-corrected chi connectivity index (χ0v) is 9.42. The van der Waals surface area contributed by atoms with Gasteiger partial charge in [-0.25, -0.2) is 9.55 Å². The average molecular weight is 255 g/mol.